The van der Waals surface area contributed by atoms with Gasteiger partial charge in [-0.3, -0.25) is 4.79 Å². The first-order chi connectivity index (χ1) is 11.2. The second-order valence-corrected chi connectivity index (χ2v) is 7.27. The van der Waals surface area contributed by atoms with Crippen LogP contribution in [-0.4, -0.2) is 40.6 Å². The molecular weight excluding hydrogens is 327 g/mol. The van der Waals surface area contributed by atoms with Crippen LogP contribution in [0.15, 0.2) is 42.5 Å². The maximum atomic E-state index is 10.5. The van der Waals surface area contributed by atoms with E-state index in [0.29, 0.717) is 6.42 Å². The summed E-state index contributed by atoms with van der Waals surface area (Å²) < 4.78 is 0. The van der Waals surface area contributed by atoms with E-state index in [0.717, 1.165) is 19.3 Å². The van der Waals surface area contributed by atoms with Crippen LogP contribution >= 0.6 is 11.3 Å². The van der Waals surface area contributed by atoms with E-state index < -0.39 is 5.97 Å². The number of hydrogen-bond acceptors (Lipinski definition) is 2. The molecule has 0 spiro atoms. The Balaban J connectivity index is 0.00000288. The molecule has 126 valence electrons. The van der Waals surface area contributed by atoms with Gasteiger partial charge in [-0.05, 0) is 62.6 Å². The van der Waals surface area contributed by atoms with E-state index in [2.05, 4.69) is 42.5 Å². The van der Waals surface area contributed by atoms with E-state index in [1.807, 2.05) is 11.3 Å². The van der Waals surface area contributed by atoms with Crippen LogP contribution in [0.2, 0.25) is 0 Å². The Kier molecular flexibility index (Phi) is 11.4. The van der Waals surface area contributed by atoms with Crippen LogP contribution < -0.4 is 0 Å². The number of aryl methyl sites for hydroxylation is 3. The number of aliphatic carboxylic acids is 1. The predicted molar refractivity (Wildman–Crippen MR) is 104 cm³/mol. The van der Waals surface area contributed by atoms with Crippen molar-refractivity contribution in [1.29, 1.82) is 0 Å². The topological polar surface area (TPSA) is 37.3 Å². The number of hydrogen-bond donors (Lipinski definition) is 1. The number of unbranched alkanes of at least 4 members (excludes halogenated alkanes) is 3. The Morgan fingerprint density at radius 1 is 0.792 bits per heavy atom. The van der Waals surface area contributed by atoms with Gasteiger partial charge in [-0.2, -0.15) is 0 Å². The fraction of sp³-hybridized carbons (Fsp3) is 0.450. The maximum absolute atomic E-state index is 10.5. The van der Waals surface area contributed by atoms with E-state index in [-0.39, 0.29) is 29.6 Å². The molecule has 1 heterocycles. The van der Waals surface area contributed by atoms with Crippen LogP contribution in [0.3, 0.4) is 0 Å². The van der Waals surface area contributed by atoms with Crippen molar-refractivity contribution in [2.24, 2.45) is 0 Å². The van der Waals surface area contributed by atoms with E-state index in [1.165, 1.54) is 47.4 Å². The minimum absolute atomic E-state index is 0. The zero-order chi connectivity index (χ0) is 16.3. The molecule has 0 atom stereocenters. The Morgan fingerprint density at radius 3 is 2.00 bits per heavy atom. The molecule has 0 fully saturated rings. The van der Waals surface area contributed by atoms with Crippen LogP contribution in [0, 0.1) is 0 Å². The van der Waals surface area contributed by atoms with Gasteiger partial charge in [0.15, 0.2) is 0 Å². The molecule has 0 aliphatic rings. The average molecular weight is 354 g/mol. The van der Waals surface area contributed by atoms with E-state index in [9.17, 15) is 4.79 Å². The van der Waals surface area contributed by atoms with Crippen LogP contribution in [0.4, 0.5) is 0 Å². The van der Waals surface area contributed by atoms with Crippen LogP contribution in [0.5, 0.6) is 0 Å². The summed E-state index contributed by atoms with van der Waals surface area (Å²) in [5.74, 6) is -0.688. The molecule has 1 N–H and O–H groups in total. The molecule has 0 saturated carbocycles. The molecular formula is C20H27NaO2S. The van der Waals surface area contributed by atoms with E-state index in [4.69, 9.17) is 5.11 Å². The van der Waals surface area contributed by atoms with Crippen molar-refractivity contribution in [3.05, 3.63) is 57.8 Å². The number of carboxylic acids is 1. The van der Waals surface area contributed by atoms with Crippen LogP contribution in [-0.2, 0) is 24.1 Å². The van der Waals surface area contributed by atoms with Gasteiger partial charge in [-0.1, -0.05) is 36.8 Å². The fourth-order valence-corrected chi connectivity index (χ4v) is 3.82. The van der Waals surface area contributed by atoms with Gasteiger partial charge in [-0.25, -0.2) is 0 Å². The molecule has 0 bridgehead atoms. The third-order valence-electron chi connectivity index (χ3n) is 4.01. The number of rotatable bonds is 11. The Bertz CT molecular complexity index is 580. The molecule has 1 aromatic carbocycles. The van der Waals surface area contributed by atoms with Crippen molar-refractivity contribution in [3.8, 4) is 0 Å². The van der Waals surface area contributed by atoms with Gasteiger partial charge in [0.1, 0.15) is 0 Å². The zero-order valence-electron chi connectivity index (χ0n) is 13.7. The summed E-state index contributed by atoms with van der Waals surface area (Å²) in [6.07, 6.45) is 9.22. The summed E-state index contributed by atoms with van der Waals surface area (Å²) in [4.78, 5) is 13.3. The molecule has 0 amide bonds. The summed E-state index contributed by atoms with van der Waals surface area (Å²) in [6, 6.07) is 15.2. The first-order valence-corrected chi connectivity index (χ1v) is 9.39. The first-order valence-electron chi connectivity index (χ1n) is 8.57. The van der Waals surface area contributed by atoms with Crippen LogP contribution in [0.1, 0.15) is 53.8 Å². The normalized spacial score (nSPS) is 10.3. The van der Waals surface area contributed by atoms with Crippen molar-refractivity contribution < 1.29 is 9.90 Å². The van der Waals surface area contributed by atoms with Gasteiger partial charge in [0.2, 0.25) is 0 Å². The predicted octanol–water partition coefficient (Wildman–Crippen LogP) is 4.85. The van der Waals surface area contributed by atoms with Gasteiger partial charge in [0, 0.05) is 16.2 Å². The van der Waals surface area contributed by atoms with Gasteiger partial charge in [0.25, 0.3) is 0 Å². The quantitative estimate of drug-likeness (QED) is 0.462. The monoisotopic (exact) mass is 354 g/mol. The summed E-state index contributed by atoms with van der Waals surface area (Å²) in [5.41, 5.74) is 1.44. The Labute approximate surface area is 171 Å². The number of carbonyl (C=O) groups is 1. The van der Waals surface area contributed by atoms with E-state index >= 15 is 0 Å². The van der Waals surface area contributed by atoms with E-state index in [1.54, 1.807) is 0 Å². The standard InChI is InChI=1S/C20H26O2S.Na.H/c21-20(22)14-8-7-13-19-16-15-18(23-19)12-6-2-5-11-17-9-3-1-4-10-17;;/h1,3-4,9-10,15-16H,2,5-8,11-14H2,(H,21,22);;. The molecule has 4 heteroatoms. The molecule has 2 aromatic rings. The van der Waals surface area contributed by atoms with Gasteiger partial charge >= 0.3 is 35.5 Å². The summed E-state index contributed by atoms with van der Waals surface area (Å²) >= 11 is 1.90. The average Bonchev–Trinajstić information content (AvgIpc) is 3.00. The third kappa shape index (κ3) is 9.03. The summed E-state index contributed by atoms with van der Waals surface area (Å²) in [5, 5.41) is 8.63. The summed E-state index contributed by atoms with van der Waals surface area (Å²) in [7, 11) is 0. The molecule has 2 rings (SSSR count). The number of carboxylic acid groups (broad SMARTS) is 1. The van der Waals surface area contributed by atoms with Crippen molar-refractivity contribution in [2.45, 2.75) is 57.8 Å². The van der Waals surface area contributed by atoms with Crippen LogP contribution in [0.25, 0.3) is 0 Å². The molecule has 24 heavy (non-hydrogen) atoms. The molecule has 0 saturated heterocycles. The second kappa shape index (κ2) is 12.7. The summed E-state index contributed by atoms with van der Waals surface area (Å²) in [6.45, 7) is 0. The second-order valence-electron chi connectivity index (χ2n) is 6.02. The molecule has 2 nitrogen and oxygen atoms in total. The number of benzene rings is 1. The zero-order valence-corrected chi connectivity index (χ0v) is 14.5. The third-order valence-corrected chi connectivity index (χ3v) is 5.22. The van der Waals surface area contributed by atoms with Crippen molar-refractivity contribution in [2.75, 3.05) is 0 Å². The first kappa shape index (κ1) is 21.4. The molecule has 0 aliphatic heterocycles. The van der Waals surface area contributed by atoms with Crippen molar-refractivity contribution in [3.63, 3.8) is 0 Å². The Morgan fingerprint density at radius 2 is 1.38 bits per heavy atom. The van der Waals surface area contributed by atoms with Crippen molar-refractivity contribution >= 4 is 46.9 Å². The van der Waals surface area contributed by atoms with Gasteiger partial charge < -0.3 is 5.11 Å². The Hall–Kier alpha value is -0.610. The molecule has 1 aromatic heterocycles. The molecule has 0 radical (unpaired) electrons. The number of thiophene rings is 1. The van der Waals surface area contributed by atoms with Gasteiger partial charge in [-0.15, -0.1) is 11.3 Å². The minimum atomic E-state index is -0.688. The van der Waals surface area contributed by atoms with Crippen molar-refractivity contribution in [1.82, 2.24) is 0 Å². The molecule has 0 unspecified atom stereocenters. The fourth-order valence-electron chi connectivity index (χ4n) is 2.72. The SMILES string of the molecule is O=C(O)CCCCc1ccc(CCCCCc2ccccc2)s1.[NaH]. The molecule has 0 aliphatic carbocycles. The van der Waals surface area contributed by atoms with Gasteiger partial charge in [0.05, 0.1) is 0 Å².